The first-order valence-corrected chi connectivity index (χ1v) is 7.09. The van der Waals surface area contributed by atoms with Crippen LogP contribution in [0.25, 0.3) is 0 Å². The zero-order valence-electron chi connectivity index (χ0n) is 8.51. The average molecular weight is 353 g/mol. The molecular formula is C11H8BrCl2NOS. The SMILES string of the molecule is Oc1c(Cl)cc(Cl)cc1NCc1ccc(Br)s1. The summed E-state index contributed by atoms with van der Waals surface area (Å²) in [6, 6.07) is 7.13. The van der Waals surface area contributed by atoms with E-state index in [-0.39, 0.29) is 10.8 Å². The fraction of sp³-hybridized carbons (Fsp3) is 0.0909. The van der Waals surface area contributed by atoms with Gasteiger partial charge in [-0.2, -0.15) is 0 Å². The molecule has 1 aromatic heterocycles. The van der Waals surface area contributed by atoms with Crippen LogP contribution in [0.3, 0.4) is 0 Å². The van der Waals surface area contributed by atoms with Crippen LogP contribution >= 0.6 is 50.5 Å². The van der Waals surface area contributed by atoms with E-state index in [0.29, 0.717) is 17.3 Å². The van der Waals surface area contributed by atoms with Crippen LogP contribution in [0, 0.1) is 0 Å². The summed E-state index contributed by atoms with van der Waals surface area (Å²) in [5.74, 6) is 0.0201. The van der Waals surface area contributed by atoms with Crippen molar-refractivity contribution in [2.75, 3.05) is 5.32 Å². The van der Waals surface area contributed by atoms with Gasteiger partial charge in [-0.15, -0.1) is 11.3 Å². The first kappa shape index (κ1) is 13.0. The van der Waals surface area contributed by atoms with Crippen LogP contribution < -0.4 is 5.32 Å². The number of aromatic hydroxyl groups is 1. The van der Waals surface area contributed by atoms with Crippen molar-refractivity contribution < 1.29 is 5.11 Å². The van der Waals surface area contributed by atoms with E-state index in [9.17, 15) is 5.11 Å². The number of benzene rings is 1. The lowest BCUT2D eigenvalue weighted by atomic mass is 10.3. The van der Waals surface area contributed by atoms with Crippen LogP contribution in [0.4, 0.5) is 5.69 Å². The molecule has 90 valence electrons. The molecule has 2 aromatic rings. The van der Waals surface area contributed by atoms with Gasteiger partial charge in [-0.25, -0.2) is 0 Å². The number of nitrogens with one attached hydrogen (secondary N) is 1. The summed E-state index contributed by atoms with van der Waals surface area (Å²) in [4.78, 5) is 1.15. The Hall–Kier alpha value is -0.420. The van der Waals surface area contributed by atoms with Crippen molar-refractivity contribution in [1.29, 1.82) is 0 Å². The predicted molar refractivity (Wildman–Crippen MR) is 77.5 cm³/mol. The van der Waals surface area contributed by atoms with E-state index in [1.807, 2.05) is 12.1 Å². The summed E-state index contributed by atoms with van der Waals surface area (Å²) in [5, 5.41) is 13.6. The van der Waals surface area contributed by atoms with Gasteiger partial charge in [0.05, 0.1) is 14.5 Å². The summed E-state index contributed by atoms with van der Waals surface area (Å²) < 4.78 is 1.07. The van der Waals surface area contributed by atoms with Crippen molar-refractivity contribution in [1.82, 2.24) is 0 Å². The molecule has 0 aliphatic rings. The van der Waals surface area contributed by atoms with E-state index < -0.39 is 0 Å². The molecule has 2 rings (SSSR count). The van der Waals surface area contributed by atoms with E-state index >= 15 is 0 Å². The molecule has 0 bridgehead atoms. The van der Waals surface area contributed by atoms with Crippen LogP contribution in [0.2, 0.25) is 10.0 Å². The first-order valence-electron chi connectivity index (χ1n) is 4.72. The largest absolute Gasteiger partial charge is 0.504 e. The molecular weight excluding hydrogens is 345 g/mol. The third-order valence-corrected chi connectivity index (χ3v) is 4.24. The van der Waals surface area contributed by atoms with Gasteiger partial charge < -0.3 is 10.4 Å². The maximum atomic E-state index is 9.75. The molecule has 0 fully saturated rings. The minimum Gasteiger partial charge on any atom is -0.504 e. The Kier molecular flexibility index (Phi) is 4.20. The second kappa shape index (κ2) is 5.48. The molecule has 2 N–H and O–H groups in total. The molecule has 2 nitrogen and oxygen atoms in total. The minimum absolute atomic E-state index is 0.0201. The van der Waals surface area contributed by atoms with Crippen LogP contribution in [0.15, 0.2) is 28.1 Å². The van der Waals surface area contributed by atoms with Gasteiger partial charge in [0.25, 0.3) is 0 Å². The Labute approximate surface area is 121 Å². The van der Waals surface area contributed by atoms with Crippen molar-refractivity contribution in [2.24, 2.45) is 0 Å². The van der Waals surface area contributed by atoms with Crippen molar-refractivity contribution >= 4 is 56.2 Å². The number of anilines is 1. The highest BCUT2D eigenvalue weighted by atomic mass is 79.9. The van der Waals surface area contributed by atoms with Gasteiger partial charge in [0.15, 0.2) is 5.75 Å². The fourth-order valence-electron chi connectivity index (χ4n) is 1.33. The highest BCUT2D eigenvalue weighted by Gasteiger charge is 2.08. The van der Waals surface area contributed by atoms with Crippen molar-refractivity contribution in [3.8, 4) is 5.75 Å². The molecule has 0 radical (unpaired) electrons. The van der Waals surface area contributed by atoms with Gasteiger partial charge in [-0.1, -0.05) is 23.2 Å². The number of thiophene rings is 1. The Morgan fingerprint density at radius 1 is 1.29 bits per heavy atom. The smallest absolute Gasteiger partial charge is 0.157 e. The zero-order chi connectivity index (χ0) is 12.4. The summed E-state index contributed by atoms with van der Waals surface area (Å²) in [6.45, 7) is 0.612. The molecule has 1 heterocycles. The van der Waals surface area contributed by atoms with Crippen LogP contribution in [-0.4, -0.2) is 5.11 Å². The molecule has 0 aliphatic carbocycles. The Morgan fingerprint density at radius 2 is 2.06 bits per heavy atom. The van der Waals surface area contributed by atoms with E-state index in [2.05, 4.69) is 21.2 Å². The number of hydrogen-bond donors (Lipinski definition) is 2. The van der Waals surface area contributed by atoms with Gasteiger partial charge in [0, 0.05) is 16.4 Å². The topological polar surface area (TPSA) is 32.3 Å². The first-order chi connectivity index (χ1) is 8.06. The highest BCUT2D eigenvalue weighted by Crippen LogP contribution is 2.35. The third kappa shape index (κ3) is 3.28. The predicted octanol–water partition coefficient (Wildman–Crippen LogP) is 5.14. The summed E-state index contributed by atoms with van der Waals surface area (Å²) >= 11 is 16.7. The molecule has 6 heteroatoms. The van der Waals surface area contributed by atoms with Crippen molar-refractivity contribution in [3.63, 3.8) is 0 Å². The maximum Gasteiger partial charge on any atom is 0.157 e. The molecule has 0 spiro atoms. The monoisotopic (exact) mass is 351 g/mol. The van der Waals surface area contributed by atoms with E-state index in [0.717, 1.165) is 8.66 Å². The number of phenolic OH excluding ortho intramolecular Hbond substituents is 1. The Bertz CT molecular complexity index is 544. The fourth-order valence-corrected chi connectivity index (χ4v) is 3.25. The number of halogens is 3. The van der Waals surface area contributed by atoms with Crippen molar-refractivity contribution in [2.45, 2.75) is 6.54 Å². The van der Waals surface area contributed by atoms with Gasteiger partial charge in [-0.05, 0) is 40.2 Å². The Morgan fingerprint density at radius 3 is 2.71 bits per heavy atom. The van der Waals surface area contributed by atoms with Gasteiger partial charge >= 0.3 is 0 Å². The quantitative estimate of drug-likeness (QED) is 0.750. The van der Waals surface area contributed by atoms with E-state index in [1.54, 1.807) is 17.4 Å². The summed E-state index contributed by atoms with van der Waals surface area (Å²) in [6.07, 6.45) is 0. The highest BCUT2D eigenvalue weighted by molar-refractivity contribution is 9.11. The van der Waals surface area contributed by atoms with Gasteiger partial charge in [-0.3, -0.25) is 0 Å². The summed E-state index contributed by atoms with van der Waals surface area (Å²) in [5.41, 5.74) is 0.534. The number of phenols is 1. The van der Waals surface area contributed by atoms with Crippen LogP contribution in [-0.2, 0) is 6.54 Å². The molecule has 17 heavy (non-hydrogen) atoms. The van der Waals surface area contributed by atoms with Gasteiger partial charge in [0.2, 0.25) is 0 Å². The zero-order valence-corrected chi connectivity index (χ0v) is 12.4. The molecule has 0 saturated heterocycles. The number of rotatable bonds is 3. The molecule has 0 aliphatic heterocycles. The van der Waals surface area contributed by atoms with Crippen LogP contribution in [0.5, 0.6) is 5.75 Å². The summed E-state index contributed by atoms with van der Waals surface area (Å²) in [7, 11) is 0. The lowest BCUT2D eigenvalue weighted by Gasteiger charge is -2.09. The standard InChI is InChI=1S/C11H8BrCl2NOS/c12-10-2-1-7(17-10)5-15-9-4-6(13)3-8(14)11(9)16/h1-4,15-16H,5H2. The second-order valence-electron chi connectivity index (χ2n) is 3.34. The van der Waals surface area contributed by atoms with Crippen LogP contribution in [0.1, 0.15) is 4.88 Å². The third-order valence-electron chi connectivity index (χ3n) is 2.11. The molecule has 0 unspecified atom stereocenters. The Balaban J connectivity index is 2.14. The minimum atomic E-state index is 0.0201. The van der Waals surface area contributed by atoms with E-state index in [4.69, 9.17) is 23.2 Å². The molecule has 1 aromatic carbocycles. The normalized spacial score (nSPS) is 10.5. The lowest BCUT2D eigenvalue weighted by Crippen LogP contribution is -1.97. The average Bonchev–Trinajstić information content (AvgIpc) is 2.67. The second-order valence-corrected chi connectivity index (χ2v) is 6.73. The lowest BCUT2D eigenvalue weighted by molar-refractivity contribution is 0.477. The molecule has 0 amide bonds. The molecule has 0 saturated carbocycles. The maximum absolute atomic E-state index is 9.75. The van der Waals surface area contributed by atoms with Gasteiger partial charge in [0.1, 0.15) is 0 Å². The van der Waals surface area contributed by atoms with E-state index in [1.165, 1.54) is 6.07 Å². The van der Waals surface area contributed by atoms with Crippen molar-refractivity contribution in [3.05, 3.63) is 43.0 Å². The molecule has 0 atom stereocenters. The number of hydrogen-bond acceptors (Lipinski definition) is 3.